The summed E-state index contributed by atoms with van der Waals surface area (Å²) in [7, 11) is 3.93. The topological polar surface area (TPSA) is 146 Å². The fraction of sp³-hybridized carbons (Fsp3) is 0.656. The van der Waals surface area contributed by atoms with Gasteiger partial charge >= 0.3 is 5.97 Å². The molecule has 2 aliphatic heterocycles. The number of aliphatic carboxylic acids is 1. The summed E-state index contributed by atoms with van der Waals surface area (Å²) in [5.74, 6) is 4.96. The van der Waals surface area contributed by atoms with E-state index in [9.17, 15) is 19.5 Å². The molecule has 242 valence electrons. The number of halogens is 1. The lowest BCUT2D eigenvalue weighted by molar-refractivity contribution is -0.162. The first-order valence-corrected chi connectivity index (χ1v) is 16.1. The van der Waals surface area contributed by atoms with E-state index in [4.69, 9.17) is 27.9 Å². The van der Waals surface area contributed by atoms with Crippen molar-refractivity contribution in [2.45, 2.75) is 64.3 Å². The minimum absolute atomic E-state index is 0.0578. The molecule has 2 aliphatic carbocycles. The number of hydrazine groups is 1. The maximum atomic E-state index is 14.4. The van der Waals surface area contributed by atoms with Crippen molar-refractivity contribution < 1.29 is 24.2 Å². The van der Waals surface area contributed by atoms with Crippen LogP contribution in [0.1, 0.15) is 69.0 Å². The van der Waals surface area contributed by atoms with Crippen molar-refractivity contribution in [2.24, 2.45) is 28.3 Å². The predicted octanol–water partition coefficient (Wildman–Crippen LogP) is 2.98. The van der Waals surface area contributed by atoms with Gasteiger partial charge in [-0.15, -0.1) is 0 Å². The Bertz CT molecular complexity index is 1320. The third-order valence-corrected chi connectivity index (χ3v) is 10.5. The second kappa shape index (κ2) is 12.8. The van der Waals surface area contributed by atoms with E-state index >= 15 is 0 Å². The number of hydrogen-bond donors (Lipinski definition) is 3. The highest BCUT2D eigenvalue weighted by molar-refractivity contribution is 6.31. The van der Waals surface area contributed by atoms with Crippen LogP contribution < -0.4 is 16.3 Å². The van der Waals surface area contributed by atoms with Crippen molar-refractivity contribution in [3.63, 3.8) is 0 Å². The van der Waals surface area contributed by atoms with Gasteiger partial charge in [0.05, 0.1) is 23.1 Å². The van der Waals surface area contributed by atoms with Crippen LogP contribution in [0, 0.1) is 16.7 Å². The summed E-state index contributed by atoms with van der Waals surface area (Å²) in [4.78, 5) is 45.8. The van der Waals surface area contributed by atoms with Crippen molar-refractivity contribution in [3.8, 4) is 5.75 Å². The number of carboxylic acid groups (broad SMARTS) is 1. The first-order valence-electron chi connectivity index (χ1n) is 15.7. The molecule has 0 unspecified atom stereocenters. The summed E-state index contributed by atoms with van der Waals surface area (Å²) >= 11 is 6.75. The van der Waals surface area contributed by atoms with Crippen LogP contribution in [0.5, 0.6) is 5.75 Å². The number of amides is 2. The second-order valence-electron chi connectivity index (χ2n) is 13.7. The van der Waals surface area contributed by atoms with E-state index in [1.165, 1.54) is 5.01 Å². The number of carbonyl (C=O) groups is 3. The molecule has 1 spiro atoms. The molecule has 44 heavy (non-hydrogen) atoms. The summed E-state index contributed by atoms with van der Waals surface area (Å²) in [6.45, 7) is 4.47. The minimum atomic E-state index is -1.14. The minimum Gasteiger partial charge on any atom is -0.487 e. The van der Waals surface area contributed by atoms with Gasteiger partial charge in [0, 0.05) is 55.9 Å². The third-order valence-electron chi connectivity index (χ3n) is 10.1. The Labute approximate surface area is 265 Å². The van der Waals surface area contributed by atoms with Gasteiger partial charge in [-0.25, -0.2) is 5.84 Å². The fourth-order valence-electron chi connectivity index (χ4n) is 7.20. The largest absolute Gasteiger partial charge is 0.487 e. The molecule has 11 nitrogen and oxygen atoms in total. The van der Waals surface area contributed by atoms with Gasteiger partial charge in [0.1, 0.15) is 12.4 Å². The van der Waals surface area contributed by atoms with Gasteiger partial charge in [0.15, 0.2) is 0 Å². The Morgan fingerprint density at radius 2 is 1.95 bits per heavy atom. The number of fused-ring (bicyclic) bond motifs is 1. The number of carboxylic acids is 1. The van der Waals surface area contributed by atoms with Crippen molar-refractivity contribution in [2.75, 3.05) is 53.4 Å². The molecule has 0 bridgehead atoms. The standard InChI is InChI=1S/C32H47ClN6O5/c1-31(30(42)43)10-5-4-6-23(31)29(41)39-13-9-22-24(33)7-8-26(44-19-21(34)17-38(35)15-14-36(2)3)28(22)25(39)18-37-20-32(11-12-32)16-27(37)40/h7-8,17,23,25H,4-6,9-16,18-20,34-35H2,1-3H3,(H,42,43)/b21-17-/t23-,25+,31-/m0/s1. The van der Waals surface area contributed by atoms with Crippen molar-refractivity contribution in [3.05, 3.63) is 40.2 Å². The van der Waals surface area contributed by atoms with Gasteiger partial charge in [-0.3, -0.25) is 14.4 Å². The number of benzene rings is 1. The maximum Gasteiger partial charge on any atom is 0.310 e. The zero-order chi connectivity index (χ0) is 31.8. The summed E-state index contributed by atoms with van der Waals surface area (Å²) in [6.07, 6.45) is 7.31. The Kier molecular flexibility index (Phi) is 9.39. The van der Waals surface area contributed by atoms with Crippen molar-refractivity contribution in [1.29, 1.82) is 0 Å². The van der Waals surface area contributed by atoms with Gasteiger partial charge in [0.2, 0.25) is 11.8 Å². The summed E-state index contributed by atoms with van der Waals surface area (Å²) < 4.78 is 6.30. The van der Waals surface area contributed by atoms with E-state index in [0.29, 0.717) is 68.3 Å². The van der Waals surface area contributed by atoms with E-state index in [0.717, 1.165) is 43.4 Å². The predicted molar refractivity (Wildman–Crippen MR) is 167 cm³/mol. The molecule has 1 saturated heterocycles. The molecule has 1 aromatic carbocycles. The van der Waals surface area contributed by atoms with Gasteiger partial charge in [0.25, 0.3) is 0 Å². The van der Waals surface area contributed by atoms with Crippen LogP contribution in [0.2, 0.25) is 5.02 Å². The zero-order valence-corrected chi connectivity index (χ0v) is 26.9. The number of rotatable bonds is 11. The van der Waals surface area contributed by atoms with E-state index in [2.05, 4.69) is 0 Å². The molecule has 12 heteroatoms. The van der Waals surface area contributed by atoms with Crippen molar-refractivity contribution in [1.82, 2.24) is 19.7 Å². The molecule has 3 atom stereocenters. The molecular formula is C32H47ClN6O5. The Morgan fingerprint density at radius 3 is 2.61 bits per heavy atom. The van der Waals surface area contributed by atoms with Gasteiger partial charge < -0.3 is 35.3 Å². The van der Waals surface area contributed by atoms with Crippen LogP contribution in [0.3, 0.4) is 0 Å². The number of likely N-dealkylation sites (N-methyl/N-ethyl adjacent to an activating group) is 1. The molecule has 1 aromatic rings. The molecule has 2 heterocycles. The molecule has 3 fully saturated rings. The third kappa shape index (κ3) is 6.65. The Balaban J connectivity index is 1.46. The number of carbonyl (C=O) groups excluding carboxylic acids is 2. The van der Waals surface area contributed by atoms with E-state index in [-0.39, 0.29) is 23.8 Å². The molecule has 2 saturated carbocycles. The normalized spacial score (nSPS) is 26.2. The van der Waals surface area contributed by atoms with E-state index in [1.807, 2.05) is 23.9 Å². The molecule has 5 N–H and O–H groups in total. The molecule has 5 rings (SSSR count). The second-order valence-corrected chi connectivity index (χ2v) is 14.1. The van der Waals surface area contributed by atoms with Gasteiger partial charge in [-0.1, -0.05) is 24.4 Å². The van der Waals surface area contributed by atoms with Crippen LogP contribution in [0.4, 0.5) is 0 Å². The highest BCUT2D eigenvalue weighted by Gasteiger charge is 2.54. The number of hydrogen-bond acceptors (Lipinski definition) is 8. The molecule has 2 amide bonds. The van der Waals surface area contributed by atoms with Crippen LogP contribution in [0.25, 0.3) is 0 Å². The average Bonchev–Trinajstić information content (AvgIpc) is 3.65. The lowest BCUT2D eigenvalue weighted by atomic mass is 9.66. The maximum absolute atomic E-state index is 14.4. The Hall–Kier alpha value is -3.02. The smallest absolute Gasteiger partial charge is 0.310 e. The number of nitrogens with zero attached hydrogens (tertiary/aromatic N) is 4. The number of ether oxygens (including phenoxy) is 1. The highest BCUT2D eigenvalue weighted by Crippen LogP contribution is 2.54. The van der Waals surface area contributed by atoms with E-state index in [1.54, 1.807) is 30.2 Å². The Morgan fingerprint density at radius 1 is 1.20 bits per heavy atom. The van der Waals surface area contributed by atoms with Gasteiger partial charge in [-0.05, 0) is 76.2 Å². The molecule has 0 radical (unpaired) electrons. The zero-order valence-electron chi connectivity index (χ0n) is 26.2. The summed E-state index contributed by atoms with van der Waals surface area (Å²) in [6, 6.07) is 3.05. The van der Waals surface area contributed by atoms with Crippen LogP contribution in [-0.4, -0.2) is 96.0 Å². The lowest BCUT2D eigenvalue weighted by Crippen LogP contribution is -2.52. The first-order chi connectivity index (χ1) is 20.8. The van der Waals surface area contributed by atoms with Gasteiger partial charge in [-0.2, -0.15) is 0 Å². The monoisotopic (exact) mass is 630 g/mol. The quantitative estimate of drug-likeness (QED) is 0.248. The average molecular weight is 631 g/mol. The molecule has 0 aromatic heterocycles. The van der Waals surface area contributed by atoms with Crippen molar-refractivity contribution >= 4 is 29.4 Å². The summed E-state index contributed by atoms with van der Waals surface area (Å²) in [5.41, 5.74) is 7.28. The number of likely N-dealkylation sites (tertiary alicyclic amines) is 1. The molecular weight excluding hydrogens is 584 g/mol. The first kappa shape index (κ1) is 32.4. The van der Waals surface area contributed by atoms with Crippen LogP contribution in [0.15, 0.2) is 24.0 Å². The van der Waals surface area contributed by atoms with E-state index < -0.39 is 23.3 Å². The fourth-order valence-corrected chi connectivity index (χ4v) is 7.46. The lowest BCUT2D eigenvalue weighted by Gasteiger charge is -2.45. The van der Waals surface area contributed by atoms with Crippen LogP contribution in [-0.2, 0) is 20.8 Å². The highest BCUT2D eigenvalue weighted by atomic mass is 35.5. The summed E-state index contributed by atoms with van der Waals surface area (Å²) in [5, 5.41) is 12.3. The number of nitrogens with two attached hydrogens (primary N) is 2. The molecule has 4 aliphatic rings. The SMILES string of the molecule is CN(C)CCN(N)/C=C(\N)COc1ccc(Cl)c2c1[C@@H](CN1CC3(CC3)CC1=O)N(C(=O)[C@@H]1CCCC[C@]1(C)C(=O)O)CC2. The van der Waals surface area contributed by atoms with Crippen LogP contribution >= 0.6 is 11.6 Å².